The van der Waals surface area contributed by atoms with Gasteiger partial charge in [-0.1, -0.05) is 37.6 Å². The third kappa shape index (κ3) is 7.64. The van der Waals surface area contributed by atoms with Crippen molar-refractivity contribution >= 4 is 35.4 Å². The Morgan fingerprint density at radius 3 is 2.10 bits per heavy atom. The van der Waals surface area contributed by atoms with Gasteiger partial charge in [-0.3, -0.25) is 19.3 Å². The second-order valence-electron chi connectivity index (χ2n) is 7.41. The highest BCUT2D eigenvalue weighted by atomic mass is 35.5. The van der Waals surface area contributed by atoms with Crippen LogP contribution in [-0.4, -0.2) is 65.0 Å². The predicted octanol–water partition coefficient (Wildman–Crippen LogP) is 1.52. The fourth-order valence-corrected chi connectivity index (χ4v) is 2.93. The molecule has 1 rings (SSSR count). The number of hydrogen-bond donors (Lipinski definition) is 4. The molecule has 4 N–H and O–H groups in total. The van der Waals surface area contributed by atoms with Crippen molar-refractivity contribution in [1.29, 1.82) is 0 Å². The highest BCUT2D eigenvalue weighted by molar-refractivity contribution is 6.30. The van der Waals surface area contributed by atoms with E-state index in [1.54, 1.807) is 57.1 Å². The van der Waals surface area contributed by atoms with Crippen molar-refractivity contribution in [1.82, 2.24) is 15.5 Å². The minimum Gasteiger partial charge on any atom is -0.481 e. The summed E-state index contributed by atoms with van der Waals surface area (Å²) in [7, 11) is 3.31. The smallest absolute Gasteiger partial charge is 0.326 e. The molecule has 1 aromatic carbocycles. The lowest BCUT2D eigenvalue weighted by atomic mass is 10.00. The van der Waals surface area contributed by atoms with Crippen LogP contribution in [0.15, 0.2) is 24.3 Å². The summed E-state index contributed by atoms with van der Waals surface area (Å²) in [5, 5.41) is 21.3. The van der Waals surface area contributed by atoms with E-state index in [0.29, 0.717) is 15.9 Å². The highest BCUT2D eigenvalue weighted by Gasteiger charge is 2.32. The first-order chi connectivity index (χ1) is 14.4. The molecule has 0 aliphatic rings. The van der Waals surface area contributed by atoms with Gasteiger partial charge in [-0.05, 0) is 44.1 Å². The van der Waals surface area contributed by atoms with Gasteiger partial charge in [0.1, 0.15) is 18.1 Å². The zero-order valence-corrected chi connectivity index (χ0v) is 18.1. The first kappa shape index (κ1) is 23.6. The van der Waals surface area contributed by atoms with Crippen molar-refractivity contribution in [3.05, 3.63) is 34.9 Å². The average molecular weight is 443 g/mol. The third-order valence-corrected chi connectivity index (χ3v) is 4.62. The van der Waals surface area contributed by atoms with E-state index in [9.17, 15) is 24.3 Å². The highest BCUT2D eigenvalue weighted by Crippen LogP contribution is 2.21. The van der Waals surface area contributed by atoms with Gasteiger partial charge >= 0.3 is 11.9 Å². The van der Waals surface area contributed by atoms with Gasteiger partial charge in [-0.15, -0.1) is 0 Å². The van der Waals surface area contributed by atoms with Crippen molar-refractivity contribution in [3.8, 4) is 0 Å². The van der Waals surface area contributed by atoms with E-state index in [1.165, 1.54) is 0 Å². The molecule has 3 atom stereocenters. The van der Waals surface area contributed by atoms with Crippen LogP contribution in [-0.2, 0) is 19.2 Å². The number of amides is 2. The number of aliphatic carboxylic acids is 2. The SMILES string of the molecule is [2H]N(C(=O)C(c1ccc(Cl)cc1)N(C)C)[C@H](C(=O)N[C@@H](CCC(=O)O)C(=O)O)C(C)C. The van der Waals surface area contributed by atoms with Gasteiger partial charge in [0.25, 0.3) is 0 Å². The number of nitrogens with zero attached hydrogens (tertiary/aromatic N) is 1. The summed E-state index contributed by atoms with van der Waals surface area (Å²) in [6.07, 6.45) is -0.773. The number of rotatable bonds is 11. The molecule has 2 amide bonds. The molecule has 0 saturated heterocycles. The minimum absolute atomic E-state index is 0.321. The average Bonchev–Trinajstić information content (AvgIpc) is 2.65. The molecule has 0 fully saturated rings. The number of carboxylic acid groups (broad SMARTS) is 2. The number of nitrogens with one attached hydrogen (secondary N) is 2. The van der Waals surface area contributed by atoms with Gasteiger partial charge in [-0.25, -0.2) is 4.79 Å². The van der Waals surface area contributed by atoms with Crippen LogP contribution in [0.1, 0.15) is 38.3 Å². The van der Waals surface area contributed by atoms with Gasteiger partial charge in [0.2, 0.25) is 11.8 Å². The van der Waals surface area contributed by atoms with Crippen LogP contribution < -0.4 is 10.6 Å². The first-order valence-corrected chi connectivity index (χ1v) is 9.73. The molecule has 0 aliphatic heterocycles. The molecule has 9 nitrogen and oxygen atoms in total. The topological polar surface area (TPSA) is 136 Å². The summed E-state index contributed by atoms with van der Waals surface area (Å²) in [6.45, 7) is 3.25. The fourth-order valence-electron chi connectivity index (χ4n) is 2.81. The van der Waals surface area contributed by atoms with Crippen LogP contribution in [0.2, 0.25) is 6.43 Å². The van der Waals surface area contributed by atoms with Crippen molar-refractivity contribution in [2.75, 3.05) is 14.1 Å². The number of benzene rings is 1. The van der Waals surface area contributed by atoms with Crippen molar-refractivity contribution in [3.63, 3.8) is 0 Å². The van der Waals surface area contributed by atoms with Crippen LogP contribution in [0.3, 0.4) is 0 Å². The molecule has 166 valence electrons. The Morgan fingerprint density at radius 2 is 1.67 bits per heavy atom. The summed E-state index contributed by atoms with van der Waals surface area (Å²) in [5.41, 5.74) is 0.574. The van der Waals surface area contributed by atoms with Crippen molar-refractivity contribution in [2.24, 2.45) is 5.92 Å². The minimum atomic E-state index is -1.45. The summed E-state index contributed by atoms with van der Waals surface area (Å²) < 4.78 is 8.36. The maximum Gasteiger partial charge on any atom is 0.326 e. The molecule has 0 aliphatic carbocycles. The lowest BCUT2D eigenvalue weighted by Gasteiger charge is -2.29. The van der Waals surface area contributed by atoms with Gasteiger partial charge in [0.15, 0.2) is 1.41 Å². The largest absolute Gasteiger partial charge is 0.481 e. The lowest BCUT2D eigenvalue weighted by molar-refractivity contribution is -0.143. The van der Waals surface area contributed by atoms with Crippen LogP contribution in [0.5, 0.6) is 0 Å². The molecule has 0 saturated carbocycles. The van der Waals surface area contributed by atoms with E-state index >= 15 is 0 Å². The Labute approximate surface area is 181 Å². The summed E-state index contributed by atoms with van der Waals surface area (Å²) in [4.78, 5) is 49.7. The second-order valence-corrected chi connectivity index (χ2v) is 7.84. The van der Waals surface area contributed by atoms with Crippen LogP contribution >= 0.6 is 11.6 Å². The molecule has 0 radical (unpaired) electrons. The number of likely N-dealkylation sites (N-methyl/N-ethyl adjacent to an activating group) is 1. The quantitative estimate of drug-likeness (QED) is 0.407. The molecule has 0 bridgehead atoms. The summed E-state index contributed by atoms with van der Waals surface area (Å²) in [6, 6.07) is 2.92. The molecule has 0 heterocycles. The second kappa shape index (κ2) is 11.5. The monoisotopic (exact) mass is 442 g/mol. The Hall–Kier alpha value is -2.65. The molecular formula is C20H28ClN3O6. The molecule has 0 aromatic heterocycles. The van der Waals surface area contributed by atoms with Crippen molar-refractivity contribution in [2.45, 2.75) is 44.8 Å². The summed E-state index contributed by atoms with van der Waals surface area (Å²) >= 11 is 5.91. The first-order valence-electron chi connectivity index (χ1n) is 9.80. The Bertz CT molecular complexity index is 803. The summed E-state index contributed by atoms with van der Waals surface area (Å²) in [5.74, 6) is -4.63. The zero-order chi connectivity index (χ0) is 23.9. The van der Waals surface area contributed by atoms with Crippen LogP contribution in [0.4, 0.5) is 0 Å². The van der Waals surface area contributed by atoms with Gasteiger partial charge in [0.05, 0.1) is 0 Å². The van der Waals surface area contributed by atoms with Gasteiger partial charge < -0.3 is 20.8 Å². The van der Waals surface area contributed by atoms with E-state index < -0.39 is 54.2 Å². The Kier molecular flexibility index (Phi) is 9.07. The molecule has 30 heavy (non-hydrogen) atoms. The maximum atomic E-state index is 13.1. The van der Waals surface area contributed by atoms with Crippen LogP contribution in [0.25, 0.3) is 0 Å². The van der Waals surface area contributed by atoms with Crippen LogP contribution in [0, 0.1) is 5.92 Å². The van der Waals surface area contributed by atoms with Gasteiger partial charge in [-0.2, -0.15) is 0 Å². The molecule has 1 unspecified atom stereocenters. The standard InChI is InChI=1S/C20H28ClN3O6/c1-11(2)16(18(27)22-14(20(29)30)9-10-15(25)26)23-19(28)17(24(3)4)12-5-7-13(21)8-6-12/h5-8,11,14,16-17H,9-10H2,1-4H3,(H,22,27)(H,23,28)(H,25,26)(H,29,30)/t14-,16-,17?/m0/s1/i/hD. The van der Waals surface area contributed by atoms with Gasteiger partial charge in [0, 0.05) is 11.4 Å². The van der Waals surface area contributed by atoms with E-state index in [0.717, 1.165) is 0 Å². The fraction of sp³-hybridized carbons (Fsp3) is 0.500. The molecular weight excluding hydrogens is 414 g/mol. The van der Waals surface area contributed by atoms with E-state index in [2.05, 4.69) is 5.32 Å². The Balaban J connectivity index is 3.12. The third-order valence-electron chi connectivity index (χ3n) is 4.36. The Morgan fingerprint density at radius 1 is 1.10 bits per heavy atom. The lowest BCUT2D eigenvalue weighted by Crippen LogP contribution is -2.55. The van der Waals surface area contributed by atoms with Crippen molar-refractivity contribution < 1.29 is 30.8 Å². The zero-order valence-electron chi connectivity index (χ0n) is 18.3. The number of carbonyl (C=O) groups is 4. The number of halogens is 1. The van der Waals surface area contributed by atoms with E-state index in [-0.39, 0.29) is 6.42 Å². The number of hydrogen-bond acceptors (Lipinski definition) is 5. The maximum absolute atomic E-state index is 13.1. The number of carboxylic acids is 2. The van der Waals surface area contributed by atoms with E-state index in [1.807, 2.05) is 0 Å². The molecule has 10 heteroatoms. The number of carbonyl (C=O) groups excluding carboxylic acids is 2. The predicted molar refractivity (Wildman–Crippen MR) is 111 cm³/mol. The molecule has 0 spiro atoms. The molecule has 1 aromatic rings. The van der Waals surface area contributed by atoms with E-state index in [4.69, 9.17) is 18.1 Å². The normalized spacial score (nSPS) is 14.6.